The van der Waals surface area contributed by atoms with E-state index in [-0.39, 0.29) is 11.9 Å². The van der Waals surface area contributed by atoms with Crippen LogP contribution in [0, 0.1) is 0 Å². The van der Waals surface area contributed by atoms with Crippen LogP contribution in [0.15, 0.2) is 35.4 Å². The van der Waals surface area contributed by atoms with Gasteiger partial charge in [-0.15, -0.1) is 0 Å². The van der Waals surface area contributed by atoms with Gasteiger partial charge in [-0.3, -0.25) is 4.79 Å². The molecule has 0 fully saturated rings. The van der Waals surface area contributed by atoms with Gasteiger partial charge >= 0.3 is 0 Å². The van der Waals surface area contributed by atoms with Crippen molar-refractivity contribution in [1.29, 1.82) is 0 Å². The Hall–Kier alpha value is -2.04. The Bertz CT molecular complexity index is 419. The van der Waals surface area contributed by atoms with E-state index in [1.54, 1.807) is 18.5 Å². The number of nitrogens with one attached hydrogen (secondary N) is 2. The van der Waals surface area contributed by atoms with Gasteiger partial charge in [0.25, 0.3) is 5.91 Å². The molecule has 1 amide bonds. The first-order chi connectivity index (χ1) is 7.27. The summed E-state index contributed by atoms with van der Waals surface area (Å²) in [6, 6.07) is 1.46. The topological polar surface area (TPSA) is 70.9 Å². The molecule has 1 atom stereocenters. The van der Waals surface area contributed by atoms with E-state index in [4.69, 9.17) is 4.42 Å². The Kier molecular flexibility index (Phi) is 2.53. The molecule has 5 heteroatoms. The van der Waals surface area contributed by atoms with Crippen LogP contribution in [0.5, 0.6) is 0 Å². The van der Waals surface area contributed by atoms with Crippen molar-refractivity contribution >= 4 is 5.91 Å². The van der Waals surface area contributed by atoms with Crippen LogP contribution in [0.25, 0.3) is 0 Å². The van der Waals surface area contributed by atoms with E-state index in [2.05, 4.69) is 15.3 Å². The maximum atomic E-state index is 11.6. The minimum Gasteiger partial charge on any atom is -0.472 e. The van der Waals surface area contributed by atoms with Crippen LogP contribution >= 0.6 is 0 Å². The van der Waals surface area contributed by atoms with Crippen molar-refractivity contribution in [2.24, 2.45) is 0 Å². The van der Waals surface area contributed by atoms with Crippen LogP contribution < -0.4 is 5.32 Å². The molecule has 0 spiro atoms. The normalized spacial score (nSPS) is 12.3. The maximum absolute atomic E-state index is 11.6. The van der Waals surface area contributed by atoms with Gasteiger partial charge in [0.1, 0.15) is 12.1 Å². The summed E-state index contributed by atoms with van der Waals surface area (Å²) in [6.45, 7) is 1.86. The molecule has 15 heavy (non-hydrogen) atoms. The van der Waals surface area contributed by atoms with E-state index < -0.39 is 0 Å². The molecule has 2 aromatic rings. The number of nitrogens with zero attached hydrogens (tertiary/aromatic N) is 1. The first-order valence-electron chi connectivity index (χ1n) is 4.59. The molecule has 78 valence electrons. The summed E-state index contributed by atoms with van der Waals surface area (Å²) in [5.41, 5.74) is 0.508. The van der Waals surface area contributed by atoms with Crippen LogP contribution in [0.1, 0.15) is 29.1 Å². The lowest BCUT2D eigenvalue weighted by Gasteiger charge is -2.09. The second kappa shape index (κ2) is 4.00. The van der Waals surface area contributed by atoms with Crippen molar-refractivity contribution in [1.82, 2.24) is 15.3 Å². The van der Waals surface area contributed by atoms with E-state index in [0.29, 0.717) is 5.56 Å². The zero-order valence-electron chi connectivity index (χ0n) is 8.23. The molecular formula is C10H11N3O2. The number of rotatable bonds is 3. The van der Waals surface area contributed by atoms with E-state index in [1.165, 1.54) is 12.5 Å². The first-order valence-corrected chi connectivity index (χ1v) is 4.59. The van der Waals surface area contributed by atoms with E-state index in [0.717, 1.165) is 5.82 Å². The lowest BCUT2D eigenvalue weighted by Crippen LogP contribution is -2.26. The Balaban J connectivity index is 2.01. The SMILES string of the molecule is CC(NC(=O)c1ccoc1)c1ncc[nH]1. The summed E-state index contributed by atoms with van der Waals surface area (Å²) in [6.07, 6.45) is 6.24. The highest BCUT2D eigenvalue weighted by atomic mass is 16.3. The third-order valence-electron chi connectivity index (χ3n) is 2.06. The predicted octanol–water partition coefficient (Wildman–Crippen LogP) is 1.49. The van der Waals surface area contributed by atoms with E-state index in [9.17, 15) is 4.79 Å². The number of amides is 1. The van der Waals surface area contributed by atoms with Gasteiger partial charge < -0.3 is 14.7 Å². The lowest BCUT2D eigenvalue weighted by molar-refractivity contribution is 0.0938. The minimum atomic E-state index is -0.173. The number of hydrogen-bond donors (Lipinski definition) is 2. The predicted molar refractivity (Wildman–Crippen MR) is 53.2 cm³/mol. The summed E-state index contributed by atoms with van der Waals surface area (Å²) in [5.74, 6) is 0.555. The number of aromatic amines is 1. The fourth-order valence-electron chi connectivity index (χ4n) is 1.26. The number of imidazole rings is 1. The van der Waals surface area contributed by atoms with Gasteiger partial charge in [-0.25, -0.2) is 4.98 Å². The molecule has 0 saturated heterocycles. The molecule has 2 N–H and O–H groups in total. The van der Waals surface area contributed by atoms with Gasteiger partial charge in [0.2, 0.25) is 0 Å². The quantitative estimate of drug-likeness (QED) is 0.797. The highest BCUT2D eigenvalue weighted by Gasteiger charge is 2.13. The summed E-state index contributed by atoms with van der Waals surface area (Å²) in [4.78, 5) is 18.6. The number of H-pyrrole nitrogens is 1. The molecule has 0 saturated carbocycles. The summed E-state index contributed by atoms with van der Waals surface area (Å²) in [5, 5.41) is 2.79. The minimum absolute atomic E-state index is 0.151. The average Bonchev–Trinajstić information content (AvgIpc) is 2.91. The fourth-order valence-corrected chi connectivity index (χ4v) is 1.26. The van der Waals surface area contributed by atoms with Gasteiger partial charge in [-0.05, 0) is 13.0 Å². The molecule has 2 rings (SSSR count). The van der Waals surface area contributed by atoms with Crippen LogP contribution in [-0.4, -0.2) is 15.9 Å². The number of aromatic nitrogens is 2. The zero-order chi connectivity index (χ0) is 10.7. The monoisotopic (exact) mass is 205 g/mol. The number of carbonyl (C=O) groups excluding carboxylic acids is 1. The van der Waals surface area contributed by atoms with Crippen LogP contribution in [0.4, 0.5) is 0 Å². The Morgan fingerprint density at radius 2 is 2.53 bits per heavy atom. The highest BCUT2D eigenvalue weighted by molar-refractivity contribution is 5.93. The molecule has 0 bridgehead atoms. The molecule has 0 aliphatic carbocycles. The molecule has 1 unspecified atom stereocenters. The molecule has 0 aromatic carbocycles. The van der Waals surface area contributed by atoms with Gasteiger partial charge in [-0.2, -0.15) is 0 Å². The van der Waals surface area contributed by atoms with Crippen molar-refractivity contribution in [3.05, 3.63) is 42.4 Å². The van der Waals surface area contributed by atoms with Crippen LogP contribution in [-0.2, 0) is 0 Å². The number of carbonyl (C=O) groups is 1. The van der Waals surface area contributed by atoms with Gasteiger partial charge in [-0.1, -0.05) is 0 Å². The van der Waals surface area contributed by atoms with Crippen molar-refractivity contribution in [3.63, 3.8) is 0 Å². The number of furan rings is 1. The van der Waals surface area contributed by atoms with Crippen LogP contribution in [0.3, 0.4) is 0 Å². The van der Waals surface area contributed by atoms with Gasteiger partial charge in [0.05, 0.1) is 17.9 Å². The maximum Gasteiger partial charge on any atom is 0.255 e. The van der Waals surface area contributed by atoms with Crippen molar-refractivity contribution in [2.45, 2.75) is 13.0 Å². The summed E-state index contributed by atoms with van der Waals surface area (Å²) >= 11 is 0. The Morgan fingerprint density at radius 1 is 1.67 bits per heavy atom. The number of hydrogen-bond acceptors (Lipinski definition) is 3. The fraction of sp³-hybridized carbons (Fsp3) is 0.200. The average molecular weight is 205 g/mol. The smallest absolute Gasteiger partial charge is 0.255 e. The molecular weight excluding hydrogens is 194 g/mol. The molecule has 0 radical (unpaired) electrons. The van der Waals surface area contributed by atoms with E-state index in [1.807, 2.05) is 6.92 Å². The highest BCUT2D eigenvalue weighted by Crippen LogP contribution is 2.07. The third kappa shape index (κ3) is 2.07. The molecule has 2 aromatic heterocycles. The van der Waals surface area contributed by atoms with E-state index >= 15 is 0 Å². The van der Waals surface area contributed by atoms with Crippen molar-refractivity contribution < 1.29 is 9.21 Å². The van der Waals surface area contributed by atoms with Crippen molar-refractivity contribution in [3.8, 4) is 0 Å². The lowest BCUT2D eigenvalue weighted by atomic mass is 10.2. The largest absolute Gasteiger partial charge is 0.472 e. The van der Waals surface area contributed by atoms with Crippen molar-refractivity contribution in [2.75, 3.05) is 0 Å². The Morgan fingerprint density at radius 3 is 3.13 bits per heavy atom. The third-order valence-corrected chi connectivity index (χ3v) is 2.06. The second-order valence-corrected chi connectivity index (χ2v) is 3.18. The first kappa shape index (κ1) is 9.51. The summed E-state index contributed by atoms with van der Waals surface area (Å²) in [7, 11) is 0. The standard InChI is InChI=1S/C10H11N3O2/c1-7(9-11-3-4-12-9)13-10(14)8-2-5-15-6-8/h2-7H,1H3,(H,11,12)(H,13,14). The molecule has 5 nitrogen and oxygen atoms in total. The summed E-state index contributed by atoms with van der Waals surface area (Å²) < 4.78 is 4.82. The second-order valence-electron chi connectivity index (χ2n) is 3.18. The van der Waals surface area contributed by atoms with Crippen LogP contribution in [0.2, 0.25) is 0 Å². The zero-order valence-corrected chi connectivity index (χ0v) is 8.23. The molecule has 2 heterocycles. The Labute approximate surface area is 86.5 Å². The van der Waals surface area contributed by atoms with Gasteiger partial charge in [0, 0.05) is 12.4 Å². The van der Waals surface area contributed by atoms with Gasteiger partial charge in [0.15, 0.2) is 0 Å². The molecule has 0 aliphatic rings. The molecule has 0 aliphatic heterocycles.